The Kier molecular flexibility index (Phi) is 3.32. The summed E-state index contributed by atoms with van der Waals surface area (Å²) in [4.78, 5) is 32.6. The minimum Gasteiger partial charge on any atom is -0.332 e. The summed E-state index contributed by atoms with van der Waals surface area (Å²) in [6.07, 6.45) is 5.26. The molecule has 0 unspecified atom stereocenters. The molecule has 0 atom stereocenters. The SMILES string of the molecule is CC(C)n1cc(C(=O)N2CCc3c(nc[nH]c3=O)C2)cn1. The smallest absolute Gasteiger partial charge is 0.257 e. The molecule has 110 valence electrons. The molecule has 0 saturated heterocycles. The monoisotopic (exact) mass is 287 g/mol. The Morgan fingerprint density at radius 2 is 2.24 bits per heavy atom. The van der Waals surface area contributed by atoms with Crippen LogP contribution in [0.2, 0.25) is 0 Å². The average molecular weight is 287 g/mol. The van der Waals surface area contributed by atoms with Crippen LogP contribution < -0.4 is 5.56 Å². The molecule has 7 nitrogen and oxygen atoms in total. The molecule has 0 aliphatic carbocycles. The second-order valence-electron chi connectivity index (χ2n) is 5.44. The van der Waals surface area contributed by atoms with Crippen LogP contribution >= 0.6 is 0 Å². The maximum atomic E-state index is 12.5. The summed E-state index contributed by atoms with van der Waals surface area (Å²) in [5.74, 6) is -0.0744. The van der Waals surface area contributed by atoms with Gasteiger partial charge in [-0.2, -0.15) is 5.10 Å². The number of amides is 1. The second kappa shape index (κ2) is 5.16. The van der Waals surface area contributed by atoms with Gasteiger partial charge in [0.2, 0.25) is 0 Å². The van der Waals surface area contributed by atoms with E-state index in [0.29, 0.717) is 36.3 Å². The Bertz CT molecular complexity index is 731. The van der Waals surface area contributed by atoms with Crippen molar-refractivity contribution in [2.75, 3.05) is 6.54 Å². The lowest BCUT2D eigenvalue weighted by Crippen LogP contribution is -2.38. The van der Waals surface area contributed by atoms with Crippen LogP contribution in [0.1, 0.15) is 41.5 Å². The first kappa shape index (κ1) is 13.5. The van der Waals surface area contributed by atoms with Crippen molar-refractivity contribution in [2.24, 2.45) is 0 Å². The number of aromatic nitrogens is 4. The van der Waals surface area contributed by atoms with Gasteiger partial charge in [-0.1, -0.05) is 0 Å². The van der Waals surface area contributed by atoms with Gasteiger partial charge in [0.25, 0.3) is 11.5 Å². The van der Waals surface area contributed by atoms with Crippen molar-refractivity contribution >= 4 is 5.91 Å². The maximum Gasteiger partial charge on any atom is 0.257 e. The van der Waals surface area contributed by atoms with Crippen LogP contribution in [-0.2, 0) is 13.0 Å². The summed E-state index contributed by atoms with van der Waals surface area (Å²) in [6.45, 7) is 4.90. The van der Waals surface area contributed by atoms with Crippen LogP contribution in [0.5, 0.6) is 0 Å². The molecule has 2 aromatic heterocycles. The topological polar surface area (TPSA) is 83.9 Å². The molecule has 21 heavy (non-hydrogen) atoms. The Labute approximate surface area is 121 Å². The third-order valence-corrected chi connectivity index (χ3v) is 3.68. The Hall–Kier alpha value is -2.44. The van der Waals surface area contributed by atoms with Crippen molar-refractivity contribution in [3.63, 3.8) is 0 Å². The fourth-order valence-corrected chi connectivity index (χ4v) is 2.45. The fourth-order valence-electron chi connectivity index (χ4n) is 2.45. The minimum absolute atomic E-state index is 0.0744. The summed E-state index contributed by atoms with van der Waals surface area (Å²) >= 11 is 0. The molecule has 3 rings (SSSR count). The van der Waals surface area contributed by atoms with Crippen molar-refractivity contribution in [3.05, 3.63) is 45.9 Å². The van der Waals surface area contributed by atoms with Crippen molar-refractivity contribution in [3.8, 4) is 0 Å². The van der Waals surface area contributed by atoms with Gasteiger partial charge in [0.15, 0.2) is 0 Å². The molecule has 1 amide bonds. The van der Waals surface area contributed by atoms with Gasteiger partial charge < -0.3 is 9.88 Å². The largest absolute Gasteiger partial charge is 0.332 e. The van der Waals surface area contributed by atoms with E-state index in [0.717, 1.165) is 0 Å². The summed E-state index contributed by atoms with van der Waals surface area (Å²) < 4.78 is 1.76. The summed E-state index contributed by atoms with van der Waals surface area (Å²) in [5.41, 5.74) is 1.81. The zero-order chi connectivity index (χ0) is 15.0. The Morgan fingerprint density at radius 1 is 1.43 bits per heavy atom. The summed E-state index contributed by atoms with van der Waals surface area (Å²) in [5, 5.41) is 4.19. The van der Waals surface area contributed by atoms with Crippen LogP contribution in [0.3, 0.4) is 0 Å². The number of carbonyl (C=O) groups is 1. The molecule has 0 radical (unpaired) electrons. The first-order chi connectivity index (χ1) is 10.1. The van der Waals surface area contributed by atoms with E-state index in [4.69, 9.17) is 0 Å². The van der Waals surface area contributed by atoms with Gasteiger partial charge in [0.1, 0.15) is 0 Å². The van der Waals surface area contributed by atoms with Gasteiger partial charge in [0.05, 0.1) is 30.3 Å². The molecule has 0 fully saturated rings. The Balaban J connectivity index is 1.82. The van der Waals surface area contributed by atoms with Crippen molar-refractivity contribution < 1.29 is 4.79 Å². The van der Waals surface area contributed by atoms with Crippen LogP contribution in [0.4, 0.5) is 0 Å². The first-order valence-electron chi connectivity index (χ1n) is 6.95. The number of carbonyl (C=O) groups excluding carboxylic acids is 1. The highest BCUT2D eigenvalue weighted by molar-refractivity contribution is 5.93. The first-order valence-corrected chi connectivity index (χ1v) is 6.95. The van der Waals surface area contributed by atoms with E-state index in [1.807, 2.05) is 13.8 Å². The average Bonchev–Trinajstić information content (AvgIpc) is 2.96. The summed E-state index contributed by atoms with van der Waals surface area (Å²) in [6, 6.07) is 0.217. The highest BCUT2D eigenvalue weighted by Crippen LogP contribution is 2.16. The predicted molar refractivity (Wildman–Crippen MR) is 75.9 cm³/mol. The lowest BCUT2D eigenvalue weighted by atomic mass is 10.1. The van der Waals surface area contributed by atoms with Crippen molar-refractivity contribution in [1.82, 2.24) is 24.6 Å². The number of nitrogens with one attached hydrogen (secondary N) is 1. The number of aromatic amines is 1. The third kappa shape index (κ3) is 2.46. The fraction of sp³-hybridized carbons (Fsp3) is 0.429. The Morgan fingerprint density at radius 3 is 2.95 bits per heavy atom. The lowest BCUT2D eigenvalue weighted by molar-refractivity contribution is 0.0731. The molecule has 2 aromatic rings. The zero-order valence-electron chi connectivity index (χ0n) is 12.0. The highest BCUT2D eigenvalue weighted by Gasteiger charge is 2.25. The van der Waals surface area contributed by atoms with Crippen molar-refractivity contribution in [1.29, 1.82) is 0 Å². The normalized spacial score (nSPS) is 14.3. The van der Waals surface area contributed by atoms with E-state index in [9.17, 15) is 9.59 Å². The van der Waals surface area contributed by atoms with Gasteiger partial charge in [-0.15, -0.1) is 0 Å². The van der Waals surface area contributed by atoms with Gasteiger partial charge in [-0.05, 0) is 20.3 Å². The number of fused-ring (bicyclic) bond motifs is 1. The lowest BCUT2D eigenvalue weighted by Gasteiger charge is -2.26. The highest BCUT2D eigenvalue weighted by atomic mass is 16.2. The number of nitrogens with zero attached hydrogens (tertiary/aromatic N) is 4. The van der Waals surface area contributed by atoms with Crippen LogP contribution in [-0.4, -0.2) is 37.1 Å². The number of hydrogen-bond donors (Lipinski definition) is 1. The molecular weight excluding hydrogens is 270 g/mol. The number of H-pyrrole nitrogens is 1. The van der Waals surface area contributed by atoms with Crippen molar-refractivity contribution in [2.45, 2.75) is 32.9 Å². The molecule has 1 N–H and O–H groups in total. The zero-order valence-corrected chi connectivity index (χ0v) is 12.0. The third-order valence-electron chi connectivity index (χ3n) is 3.68. The van der Waals surface area contributed by atoms with Crippen LogP contribution in [0.25, 0.3) is 0 Å². The van der Waals surface area contributed by atoms with Gasteiger partial charge in [0, 0.05) is 24.3 Å². The maximum absolute atomic E-state index is 12.5. The molecule has 0 bridgehead atoms. The molecule has 7 heteroatoms. The van der Waals surface area contributed by atoms with Gasteiger partial charge >= 0.3 is 0 Å². The van der Waals surface area contributed by atoms with E-state index in [2.05, 4.69) is 15.1 Å². The second-order valence-corrected chi connectivity index (χ2v) is 5.44. The van der Waals surface area contributed by atoms with E-state index in [1.165, 1.54) is 6.33 Å². The van der Waals surface area contributed by atoms with E-state index in [1.54, 1.807) is 22.0 Å². The molecule has 1 aliphatic heterocycles. The van der Waals surface area contributed by atoms with Crippen LogP contribution in [0.15, 0.2) is 23.5 Å². The number of hydrogen-bond acceptors (Lipinski definition) is 4. The minimum atomic E-state index is -0.111. The summed E-state index contributed by atoms with van der Waals surface area (Å²) in [7, 11) is 0. The number of rotatable bonds is 2. The molecule has 3 heterocycles. The molecule has 0 saturated carbocycles. The van der Waals surface area contributed by atoms with E-state index >= 15 is 0 Å². The standard InChI is InChI=1S/C14H17N5O2/c1-9(2)19-6-10(5-17-19)14(21)18-4-3-11-12(7-18)15-8-16-13(11)20/h5-6,8-9H,3-4,7H2,1-2H3,(H,15,16,20). The molecular formula is C14H17N5O2. The molecule has 1 aliphatic rings. The van der Waals surface area contributed by atoms with Gasteiger partial charge in [-0.3, -0.25) is 14.3 Å². The quantitative estimate of drug-likeness (QED) is 0.883. The van der Waals surface area contributed by atoms with Gasteiger partial charge in [-0.25, -0.2) is 4.98 Å². The van der Waals surface area contributed by atoms with E-state index in [-0.39, 0.29) is 17.5 Å². The predicted octanol–water partition coefficient (Wildman–Crippen LogP) is 0.746. The van der Waals surface area contributed by atoms with Crippen LogP contribution in [0, 0.1) is 0 Å². The van der Waals surface area contributed by atoms with E-state index < -0.39 is 0 Å². The molecule has 0 aromatic carbocycles. The molecule has 0 spiro atoms.